The Morgan fingerprint density at radius 2 is 2.41 bits per heavy atom. The Hall–Kier alpha value is -1.57. The number of carbonyl (C=O) groups is 1. The molecule has 0 bridgehead atoms. The van der Waals surface area contributed by atoms with Crippen LogP contribution in [0.1, 0.15) is 6.92 Å². The highest BCUT2D eigenvalue weighted by molar-refractivity contribution is 7.99. The number of thioether (sulfide) groups is 1. The van der Waals surface area contributed by atoms with Crippen LogP contribution in [0.3, 0.4) is 0 Å². The van der Waals surface area contributed by atoms with E-state index >= 15 is 0 Å². The quantitative estimate of drug-likeness (QED) is 0.342. The highest BCUT2D eigenvalue weighted by Gasteiger charge is 2.22. The minimum absolute atomic E-state index is 0.186. The number of nitrogens with zero attached hydrogens (tertiary/aromatic N) is 3. The molecule has 0 N–H and O–H groups in total. The molecule has 0 fully saturated rings. The first kappa shape index (κ1) is 13.5. The smallest absolute Gasteiger partial charge is 0.395 e. The van der Waals surface area contributed by atoms with Gasteiger partial charge in [-0.1, -0.05) is 18.7 Å². The predicted molar refractivity (Wildman–Crippen MR) is 61.8 cm³/mol. The van der Waals surface area contributed by atoms with Gasteiger partial charge in [0.1, 0.15) is 0 Å². The SMILES string of the molecule is COC(=O)C(C)CSc1c([N+](=O)[O-])ncn1C. The van der Waals surface area contributed by atoms with Crippen LogP contribution in [0, 0.1) is 16.0 Å². The molecule has 1 rings (SSSR count). The number of methoxy groups -OCH3 is 1. The minimum Gasteiger partial charge on any atom is -0.469 e. The van der Waals surface area contributed by atoms with E-state index in [4.69, 9.17) is 0 Å². The van der Waals surface area contributed by atoms with Gasteiger partial charge in [-0.25, -0.2) is 0 Å². The number of hydrogen-bond donors (Lipinski definition) is 0. The molecule has 1 heterocycles. The summed E-state index contributed by atoms with van der Waals surface area (Å²) in [6.45, 7) is 1.71. The summed E-state index contributed by atoms with van der Waals surface area (Å²) in [6.07, 6.45) is 1.38. The lowest BCUT2D eigenvalue weighted by Crippen LogP contribution is -2.15. The third-order valence-electron chi connectivity index (χ3n) is 2.11. The van der Waals surface area contributed by atoms with E-state index in [1.807, 2.05) is 0 Å². The Bertz CT molecular complexity index is 432. The summed E-state index contributed by atoms with van der Waals surface area (Å²) in [5.74, 6) is -0.427. The summed E-state index contributed by atoms with van der Waals surface area (Å²) in [5.41, 5.74) is 0. The van der Waals surface area contributed by atoms with E-state index in [2.05, 4.69) is 9.72 Å². The number of carbonyl (C=O) groups excluding carboxylic acids is 1. The molecule has 1 unspecified atom stereocenters. The number of aryl methyl sites for hydroxylation is 1. The number of imidazole rings is 1. The number of hydrogen-bond acceptors (Lipinski definition) is 6. The molecule has 0 aliphatic rings. The average molecular weight is 259 g/mol. The first-order valence-electron chi connectivity index (χ1n) is 4.83. The molecule has 94 valence electrons. The second kappa shape index (κ2) is 5.67. The van der Waals surface area contributed by atoms with Gasteiger partial charge in [-0.3, -0.25) is 4.79 Å². The minimum atomic E-state index is -0.537. The van der Waals surface area contributed by atoms with Gasteiger partial charge in [0.05, 0.1) is 13.0 Å². The van der Waals surface area contributed by atoms with Crippen LogP contribution in [0.4, 0.5) is 5.82 Å². The van der Waals surface area contributed by atoms with Crippen molar-refractivity contribution in [1.29, 1.82) is 0 Å². The van der Waals surface area contributed by atoms with E-state index in [1.165, 1.54) is 25.2 Å². The Morgan fingerprint density at radius 1 is 1.76 bits per heavy atom. The van der Waals surface area contributed by atoms with Gasteiger partial charge in [-0.05, 0) is 9.91 Å². The maximum absolute atomic E-state index is 11.2. The van der Waals surface area contributed by atoms with Crippen molar-refractivity contribution in [2.75, 3.05) is 12.9 Å². The van der Waals surface area contributed by atoms with Crippen LogP contribution < -0.4 is 0 Å². The molecule has 0 saturated heterocycles. The third-order valence-corrected chi connectivity index (χ3v) is 3.52. The van der Waals surface area contributed by atoms with Crippen molar-refractivity contribution in [3.05, 3.63) is 16.4 Å². The van der Waals surface area contributed by atoms with Crippen LogP contribution in [0.2, 0.25) is 0 Å². The van der Waals surface area contributed by atoms with Crippen molar-refractivity contribution in [1.82, 2.24) is 9.55 Å². The zero-order chi connectivity index (χ0) is 13.0. The van der Waals surface area contributed by atoms with Gasteiger partial charge in [0.25, 0.3) is 0 Å². The summed E-state index contributed by atoms with van der Waals surface area (Å²) < 4.78 is 6.14. The Morgan fingerprint density at radius 3 is 2.94 bits per heavy atom. The summed E-state index contributed by atoms with van der Waals surface area (Å²) in [5, 5.41) is 11.1. The number of nitro groups is 1. The van der Waals surface area contributed by atoms with Gasteiger partial charge in [-0.2, -0.15) is 0 Å². The fourth-order valence-corrected chi connectivity index (χ4v) is 2.22. The van der Waals surface area contributed by atoms with Gasteiger partial charge in [0.15, 0.2) is 5.03 Å². The van der Waals surface area contributed by atoms with Gasteiger partial charge >= 0.3 is 11.8 Å². The number of rotatable bonds is 5. The summed E-state index contributed by atoms with van der Waals surface area (Å²) in [7, 11) is 2.99. The van der Waals surface area contributed by atoms with E-state index < -0.39 is 4.92 Å². The summed E-state index contributed by atoms with van der Waals surface area (Å²) in [4.78, 5) is 25.0. The molecule has 0 saturated carbocycles. The fraction of sp³-hybridized carbons (Fsp3) is 0.556. The normalized spacial score (nSPS) is 12.2. The van der Waals surface area contributed by atoms with Crippen LogP contribution in [0.5, 0.6) is 0 Å². The van der Waals surface area contributed by atoms with E-state index in [9.17, 15) is 14.9 Å². The molecule has 0 aromatic carbocycles. The van der Waals surface area contributed by atoms with Crippen molar-refractivity contribution in [2.45, 2.75) is 11.9 Å². The molecular weight excluding hydrogens is 246 g/mol. The lowest BCUT2D eigenvalue weighted by Gasteiger charge is -2.08. The van der Waals surface area contributed by atoms with Gasteiger partial charge < -0.3 is 19.4 Å². The third kappa shape index (κ3) is 3.19. The molecule has 0 spiro atoms. The Labute approximate surface area is 102 Å². The molecule has 8 heteroatoms. The van der Waals surface area contributed by atoms with Crippen molar-refractivity contribution >= 4 is 23.5 Å². The van der Waals surface area contributed by atoms with Crippen molar-refractivity contribution in [3.63, 3.8) is 0 Å². The number of esters is 1. The maximum Gasteiger partial charge on any atom is 0.395 e. The molecule has 7 nitrogen and oxygen atoms in total. The topological polar surface area (TPSA) is 87.3 Å². The maximum atomic E-state index is 11.2. The predicted octanol–water partition coefficient (Wildman–Crippen LogP) is 1.23. The zero-order valence-corrected chi connectivity index (χ0v) is 10.6. The highest BCUT2D eigenvalue weighted by Crippen LogP contribution is 2.28. The van der Waals surface area contributed by atoms with E-state index in [0.717, 1.165) is 0 Å². The molecule has 1 atom stereocenters. The van der Waals surface area contributed by atoms with Crippen molar-refractivity contribution < 1.29 is 14.5 Å². The zero-order valence-electron chi connectivity index (χ0n) is 9.74. The van der Waals surface area contributed by atoms with Crippen LogP contribution in [-0.2, 0) is 16.6 Å². The van der Waals surface area contributed by atoms with Crippen molar-refractivity contribution in [2.24, 2.45) is 13.0 Å². The number of ether oxygens (including phenoxy) is 1. The lowest BCUT2D eigenvalue weighted by atomic mass is 10.2. The standard InChI is InChI=1S/C9H13N3O4S/c1-6(9(13)16-3)4-17-8-7(12(14)15)10-5-11(8)2/h5-6H,4H2,1-3H3. The molecular formula is C9H13N3O4S. The second-order valence-electron chi connectivity index (χ2n) is 3.48. The number of aromatic nitrogens is 2. The fourth-order valence-electron chi connectivity index (χ4n) is 1.17. The monoisotopic (exact) mass is 259 g/mol. The summed E-state index contributed by atoms with van der Waals surface area (Å²) >= 11 is 1.22. The average Bonchev–Trinajstić information content (AvgIpc) is 2.66. The lowest BCUT2D eigenvalue weighted by molar-refractivity contribution is -0.392. The Kier molecular flexibility index (Phi) is 4.50. The van der Waals surface area contributed by atoms with Crippen LogP contribution >= 0.6 is 11.8 Å². The molecule has 0 aliphatic carbocycles. The van der Waals surface area contributed by atoms with Gasteiger partial charge in [-0.15, -0.1) is 0 Å². The molecule has 17 heavy (non-hydrogen) atoms. The first-order chi connectivity index (χ1) is 7.97. The van der Waals surface area contributed by atoms with Crippen LogP contribution in [0.25, 0.3) is 0 Å². The van der Waals surface area contributed by atoms with Gasteiger partial charge in [0, 0.05) is 12.8 Å². The second-order valence-corrected chi connectivity index (χ2v) is 4.49. The first-order valence-corrected chi connectivity index (χ1v) is 5.82. The van der Waals surface area contributed by atoms with Gasteiger partial charge in [0.2, 0.25) is 6.33 Å². The molecule has 0 aliphatic heterocycles. The van der Waals surface area contributed by atoms with Crippen LogP contribution in [-0.4, -0.2) is 33.3 Å². The van der Waals surface area contributed by atoms with E-state index in [0.29, 0.717) is 10.8 Å². The molecule has 0 amide bonds. The summed E-state index contributed by atoms with van der Waals surface area (Å²) in [6, 6.07) is 0. The molecule has 1 aromatic heterocycles. The van der Waals surface area contributed by atoms with Crippen LogP contribution in [0.15, 0.2) is 11.4 Å². The highest BCUT2D eigenvalue weighted by atomic mass is 32.2. The largest absolute Gasteiger partial charge is 0.469 e. The molecule has 0 radical (unpaired) electrons. The van der Waals surface area contributed by atoms with E-state index in [-0.39, 0.29) is 17.7 Å². The Balaban J connectivity index is 2.72. The molecule has 1 aromatic rings. The van der Waals surface area contributed by atoms with Crippen molar-refractivity contribution in [3.8, 4) is 0 Å². The van der Waals surface area contributed by atoms with E-state index in [1.54, 1.807) is 18.5 Å².